The van der Waals surface area contributed by atoms with Crippen LogP contribution in [-0.4, -0.2) is 42.2 Å². The standard InChI is InChI=1S/C15H27N3OS/c1-3-7-16-9-15-17-13(12-20-15)10-18-8-5-6-14(11-18)19-4-2/h12,14,16H,3-11H2,1-2H3. The Morgan fingerprint density at radius 1 is 1.50 bits per heavy atom. The van der Waals surface area contributed by atoms with Gasteiger partial charge in [0.25, 0.3) is 0 Å². The Labute approximate surface area is 126 Å². The molecule has 1 aromatic heterocycles. The second-order valence-corrected chi connectivity index (χ2v) is 6.31. The molecule has 0 aliphatic carbocycles. The number of aromatic nitrogens is 1. The van der Waals surface area contributed by atoms with Gasteiger partial charge in [0.05, 0.1) is 11.8 Å². The van der Waals surface area contributed by atoms with E-state index in [0.717, 1.165) is 32.8 Å². The fourth-order valence-electron chi connectivity index (χ4n) is 2.63. The summed E-state index contributed by atoms with van der Waals surface area (Å²) >= 11 is 1.77. The van der Waals surface area contributed by atoms with E-state index in [1.165, 1.54) is 36.5 Å². The molecule has 1 saturated heterocycles. The van der Waals surface area contributed by atoms with Crippen LogP contribution in [0.1, 0.15) is 43.8 Å². The lowest BCUT2D eigenvalue weighted by Crippen LogP contribution is -2.39. The van der Waals surface area contributed by atoms with Gasteiger partial charge >= 0.3 is 0 Å². The highest BCUT2D eigenvalue weighted by atomic mass is 32.1. The summed E-state index contributed by atoms with van der Waals surface area (Å²) in [5.74, 6) is 0. The van der Waals surface area contributed by atoms with Crippen LogP contribution in [0.3, 0.4) is 0 Å². The first-order valence-electron chi connectivity index (χ1n) is 7.79. The Morgan fingerprint density at radius 2 is 2.40 bits per heavy atom. The predicted octanol–water partition coefficient (Wildman–Crippen LogP) is 2.64. The summed E-state index contributed by atoms with van der Waals surface area (Å²) in [6, 6.07) is 0. The summed E-state index contributed by atoms with van der Waals surface area (Å²) in [6.07, 6.45) is 4.02. The number of likely N-dealkylation sites (tertiary alicyclic amines) is 1. The average Bonchev–Trinajstić information content (AvgIpc) is 2.87. The van der Waals surface area contributed by atoms with E-state index in [0.29, 0.717) is 6.10 Å². The molecule has 1 fully saturated rings. The van der Waals surface area contributed by atoms with Crippen LogP contribution >= 0.6 is 11.3 Å². The van der Waals surface area contributed by atoms with Gasteiger partial charge in [-0.3, -0.25) is 4.90 Å². The maximum absolute atomic E-state index is 5.75. The van der Waals surface area contributed by atoms with Crippen molar-refractivity contribution in [1.29, 1.82) is 0 Å². The molecule has 0 amide bonds. The zero-order chi connectivity index (χ0) is 14.2. The number of nitrogens with one attached hydrogen (secondary N) is 1. The van der Waals surface area contributed by atoms with Gasteiger partial charge < -0.3 is 10.1 Å². The van der Waals surface area contributed by atoms with Crippen LogP contribution in [0, 0.1) is 0 Å². The second kappa shape index (κ2) is 8.72. The number of hydrogen-bond donors (Lipinski definition) is 1. The highest BCUT2D eigenvalue weighted by molar-refractivity contribution is 7.09. The predicted molar refractivity (Wildman–Crippen MR) is 84.0 cm³/mol. The highest BCUT2D eigenvalue weighted by Crippen LogP contribution is 2.17. The van der Waals surface area contributed by atoms with Gasteiger partial charge in [0.1, 0.15) is 5.01 Å². The zero-order valence-electron chi connectivity index (χ0n) is 12.7. The molecule has 2 rings (SSSR count). The lowest BCUT2D eigenvalue weighted by atomic mass is 10.1. The van der Waals surface area contributed by atoms with Crippen LogP contribution in [0.25, 0.3) is 0 Å². The normalized spacial score (nSPS) is 20.4. The maximum Gasteiger partial charge on any atom is 0.107 e. The summed E-state index contributed by atoms with van der Waals surface area (Å²) in [5, 5.41) is 6.81. The van der Waals surface area contributed by atoms with Gasteiger partial charge in [-0.25, -0.2) is 4.98 Å². The van der Waals surface area contributed by atoms with Crippen LogP contribution in [0.5, 0.6) is 0 Å². The molecule has 1 atom stereocenters. The number of hydrogen-bond acceptors (Lipinski definition) is 5. The summed E-state index contributed by atoms with van der Waals surface area (Å²) in [7, 11) is 0. The Bertz CT molecular complexity index is 381. The monoisotopic (exact) mass is 297 g/mol. The van der Waals surface area contributed by atoms with Crippen molar-refractivity contribution < 1.29 is 4.74 Å². The molecular weight excluding hydrogens is 270 g/mol. The summed E-state index contributed by atoms with van der Waals surface area (Å²) < 4.78 is 5.75. The van der Waals surface area contributed by atoms with Crippen molar-refractivity contribution in [3.63, 3.8) is 0 Å². The molecule has 1 aliphatic heterocycles. The SMILES string of the molecule is CCCNCc1nc(CN2CCCC(OCC)C2)cs1. The minimum atomic E-state index is 0.415. The fraction of sp³-hybridized carbons (Fsp3) is 0.800. The van der Waals surface area contributed by atoms with Crippen LogP contribution in [-0.2, 0) is 17.8 Å². The molecule has 114 valence electrons. The molecule has 0 spiro atoms. The number of thiazole rings is 1. The van der Waals surface area contributed by atoms with Crippen molar-refractivity contribution in [2.45, 2.75) is 52.3 Å². The molecule has 2 heterocycles. The summed E-state index contributed by atoms with van der Waals surface area (Å²) in [4.78, 5) is 7.20. The van der Waals surface area contributed by atoms with Gasteiger partial charge in [0.2, 0.25) is 0 Å². The Morgan fingerprint density at radius 3 is 3.20 bits per heavy atom. The molecule has 5 heteroatoms. The first kappa shape index (κ1) is 15.9. The van der Waals surface area contributed by atoms with Crippen LogP contribution < -0.4 is 5.32 Å². The number of nitrogens with zero attached hydrogens (tertiary/aromatic N) is 2. The van der Waals surface area contributed by atoms with Crippen LogP contribution in [0.2, 0.25) is 0 Å². The van der Waals surface area contributed by atoms with E-state index >= 15 is 0 Å². The summed E-state index contributed by atoms with van der Waals surface area (Å²) in [6.45, 7) is 10.2. The highest BCUT2D eigenvalue weighted by Gasteiger charge is 2.20. The van der Waals surface area contributed by atoms with Gasteiger partial charge in [-0.1, -0.05) is 6.92 Å². The molecule has 0 aromatic carbocycles. The van der Waals surface area contributed by atoms with Gasteiger partial charge in [-0.05, 0) is 39.3 Å². The summed E-state index contributed by atoms with van der Waals surface area (Å²) in [5.41, 5.74) is 1.21. The minimum Gasteiger partial charge on any atom is -0.377 e. The Kier molecular flexibility index (Phi) is 6.93. The van der Waals surface area contributed by atoms with E-state index in [4.69, 9.17) is 9.72 Å². The smallest absolute Gasteiger partial charge is 0.107 e. The molecule has 20 heavy (non-hydrogen) atoms. The van der Waals surface area contributed by atoms with Crippen molar-refractivity contribution >= 4 is 11.3 Å². The van der Waals surface area contributed by atoms with E-state index in [1.54, 1.807) is 11.3 Å². The molecular formula is C15H27N3OS. The van der Waals surface area contributed by atoms with Crippen molar-refractivity contribution in [2.75, 3.05) is 26.2 Å². The van der Waals surface area contributed by atoms with Crippen molar-refractivity contribution in [3.8, 4) is 0 Å². The number of ether oxygens (including phenoxy) is 1. The quantitative estimate of drug-likeness (QED) is 0.749. The lowest BCUT2D eigenvalue weighted by molar-refractivity contribution is 0.00335. The second-order valence-electron chi connectivity index (χ2n) is 5.36. The van der Waals surface area contributed by atoms with Crippen molar-refractivity contribution in [1.82, 2.24) is 15.2 Å². The van der Waals surface area contributed by atoms with E-state index in [1.807, 2.05) is 0 Å². The molecule has 0 saturated carbocycles. The third-order valence-corrected chi connectivity index (χ3v) is 4.45. The van der Waals surface area contributed by atoms with E-state index in [-0.39, 0.29) is 0 Å². The first-order chi connectivity index (χ1) is 9.81. The third-order valence-electron chi connectivity index (χ3n) is 3.55. The number of piperidine rings is 1. The minimum absolute atomic E-state index is 0.415. The zero-order valence-corrected chi connectivity index (χ0v) is 13.5. The van der Waals surface area contributed by atoms with Crippen molar-refractivity contribution in [2.24, 2.45) is 0 Å². The van der Waals surface area contributed by atoms with Gasteiger partial charge in [-0.15, -0.1) is 11.3 Å². The third kappa shape index (κ3) is 5.13. The van der Waals surface area contributed by atoms with E-state index in [2.05, 4.69) is 29.4 Å². The average molecular weight is 297 g/mol. The Balaban J connectivity index is 1.77. The fourth-order valence-corrected chi connectivity index (χ4v) is 3.39. The largest absolute Gasteiger partial charge is 0.377 e. The number of rotatable bonds is 8. The molecule has 4 nitrogen and oxygen atoms in total. The molecule has 0 radical (unpaired) electrons. The first-order valence-corrected chi connectivity index (χ1v) is 8.67. The molecule has 1 N–H and O–H groups in total. The lowest BCUT2D eigenvalue weighted by Gasteiger charge is -2.31. The molecule has 1 aromatic rings. The maximum atomic E-state index is 5.75. The topological polar surface area (TPSA) is 37.4 Å². The van der Waals surface area contributed by atoms with Gasteiger partial charge in [0, 0.05) is 31.6 Å². The van der Waals surface area contributed by atoms with Gasteiger partial charge in [0.15, 0.2) is 0 Å². The Hall–Kier alpha value is -0.490. The van der Waals surface area contributed by atoms with Crippen molar-refractivity contribution in [3.05, 3.63) is 16.1 Å². The van der Waals surface area contributed by atoms with E-state index < -0.39 is 0 Å². The molecule has 1 aliphatic rings. The van der Waals surface area contributed by atoms with Crippen LogP contribution in [0.15, 0.2) is 5.38 Å². The molecule has 0 bridgehead atoms. The molecule has 1 unspecified atom stereocenters. The van der Waals surface area contributed by atoms with Crippen LogP contribution in [0.4, 0.5) is 0 Å². The van der Waals surface area contributed by atoms with Gasteiger partial charge in [-0.2, -0.15) is 0 Å². The van der Waals surface area contributed by atoms with E-state index in [9.17, 15) is 0 Å².